The predicted octanol–water partition coefficient (Wildman–Crippen LogP) is 4.52. The molecule has 0 saturated carbocycles. The van der Waals surface area contributed by atoms with Gasteiger partial charge in [0, 0.05) is 56.0 Å². The average Bonchev–Trinajstić information content (AvgIpc) is 2.84. The molecule has 0 aliphatic rings. The molecule has 0 N–H and O–H groups in total. The number of nitrogens with zero attached hydrogens (tertiary/aromatic N) is 3. The summed E-state index contributed by atoms with van der Waals surface area (Å²) in [6, 6.07) is 4.57. The van der Waals surface area contributed by atoms with Gasteiger partial charge in [-0.3, -0.25) is 14.4 Å². The zero-order valence-corrected chi connectivity index (χ0v) is 20.1. The van der Waals surface area contributed by atoms with Gasteiger partial charge in [0.05, 0.1) is 0 Å². The Hall–Kier alpha value is -3.93. The summed E-state index contributed by atoms with van der Waals surface area (Å²) in [7, 11) is 0. The molecule has 180 valence electrons. The quantitative estimate of drug-likeness (QED) is 0.361. The number of carbonyl (C=O) groups excluding carboxylic acids is 3. The van der Waals surface area contributed by atoms with Crippen LogP contribution in [0, 0.1) is 0 Å². The molecule has 0 aliphatic heterocycles. The second-order valence-electron chi connectivity index (χ2n) is 7.44. The van der Waals surface area contributed by atoms with Gasteiger partial charge in [0.25, 0.3) is 17.7 Å². The van der Waals surface area contributed by atoms with E-state index in [9.17, 15) is 14.4 Å². The number of amides is 3. The van der Waals surface area contributed by atoms with Crippen LogP contribution >= 0.6 is 0 Å². The van der Waals surface area contributed by atoms with Gasteiger partial charge in [0.1, 0.15) is 0 Å². The lowest BCUT2D eigenvalue weighted by Gasteiger charge is -2.24. The van der Waals surface area contributed by atoms with E-state index < -0.39 is 0 Å². The van der Waals surface area contributed by atoms with Crippen LogP contribution in [0.2, 0.25) is 0 Å². The Bertz CT molecular complexity index is 887. The number of allylic oxidation sites excluding steroid dienone is 1. The Labute approximate surface area is 203 Å². The van der Waals surface area contributed by atoms with Crippen molar-refractivity contribution in [1.29, 1.82) is 0 Å². The van der Waals surface area contributed by atoms with Crippen molar-refractivity contribution in [1.82, 2.24) is 14.7 Å². The minimum Gasteiger partial charge on any atom is -0.331 e. The van der Waals surface area contributed by atoms with E-state index >= 15 is 0 Å². The van der Waals surface area contributed by atoms with E-state index in [0.717, 1.165) is 0 Å². The SMILES string of the molecule is C=CCN(CC=C)C(=O)c1cc(C(=O)N(CC=C)CC=C)cc(C(=O)N(CC=C)C/C=C\C)c1. The highest BCUT2D eigenvalue weighted by Gasteiger charge is 2.23. The molecule has 1 rings (SSSR count). The van der Waals surface area contributed by atoms with E-state index in [1.165, 1.54) is 28.0 Å². The fourth-order valence-electron chi connectivity index (χ4n) is 3.28. The van der Waals surface area contributed by atoms with Crippen molar-refractivity contribution >= 4 is 17.7 Å². The first-order valence-corrected chi connectivity index (χ1v) is 11.1. The van der Waals surface area contributed by atoms with Crippen LogP contribution in [-0.4, -0.2) is 71.7 Å². The van der Waals surface area contributed by atoms with Crippen LogP contribution in [0.3, 0.4) is 0 Å². The van der Waals surface area contributed by atoms with Crippen LogP contribution < -0.4 is 0 Å². The lowest BCUT2D eigenvalue weighted by Crippen LogP contribution is -2.35. The summed E-state index contributed by atoms with van der Waals surface area (Å²) in [6.07, 6.45) is 11.8. The molecule has 6 nitrogen and oxygen atoms in total. The van der Waals surface area contributed by atoms with E-state index in [4.69, 9.17) is 0 Å². The highest BCUT2D eigenvalue weighted by atomic mass is 16.2. The van der Waals surface area contributed by atoms with Crippen molar-refractivity contribution in [2.75, 3.05) is 39.3 Å². The van der Waals surface area contributed by atoms with Gasteiger partial charge in [-0.15, -0.1) is 32.9 Å². The third-order valence-electron chi connectivity index (χ3n) is 4.84. The largest absolute Gasteiger partial charge is 0.331 e. The molecule has 0 fully saturated rings. The molecule has 3 amide bonds. The molecule has 0 aromatic heterocycles. The highest BCUT2D eigenvalue weighted by Crippen LogP contribution is 2.18. The molecule has 0 atom stereocenters. The number of hydrogen-bond donors (Lipinski definition) is 0. The van der Waals surface area contributed by atoms with Crippen molar-refractivity contribution in [2.24, 2.45) is 0 Å². The molecular weight excluding hydrogens is 426 g/mol. The lowest BCUT2D eigenvalue weighted by atomic mass is 10.0. The fraction of sp³-hybridized carbons (Fsp3) is 0.250. The average molecular weight is 462 g/mol. The smallest absolute Gasteiger partial charge is 0.254 e. The van der Waals surface area contributed by atoms with Gasteiger partial charge >= 0.3 is 0 Å². The van der Waals surface area contributed by atoms with Crippen LogP contribution in [0.25, 0.3) is 0 Å². The minimum absolute atomic E-state index is 0.236. The molecule has 1 aromatic rings. The third-order valence-corrected chi connectivity index (χ3v) is 4.84. The second-order valence-corrected chi connectivity index (χ2v) is 7.44. The van der Waals surface area contributed by atoms with Crippen LogP contribution in [0.5, 0.6) is 0 Å². The van der Waals surface area contributed by atoms with Gasteiger partial charge in [-0.25, -0.2) is 0 Å². The molecule has 34 heavy (non-hydrogen) atoms. The van der Waals surface area contributed by atoms with Crippen molar-refractivity contribution < 1.29 is 14.4 Å². The lowest BCUT2D eigenvalue weighted by molar-refractivity contribution is 0.0788. The van der Waals surface area contributed by atoms with Gasteiger partial charge < -0.3 is 14.7 Å². The molecule has 6 heteroatoms. The standard InChI is InChI=1S/C28H35N3O3/c1-7-13-19-31(18-12-6)28(34)25-21-23(26(32)29(14-8-2)15-9-3)20-24(22-25)27(33)30(16-10-4)17-11-5/h7-13,20-22H,2-6,14-19H2,1H3/b13-7-. The van der Waals surface area contributed by atoms with E-state index in [0.29, 0.717) is 39.3 Å². The number of benzene rings is 1. The first-order chi connectivity index (χ1) is 16.4. The van der Waals surface area contributed by atoms with Crippen LogP contribution in [0.15, 0.2) is 93.6 Å². The van der Waals surface area contributed by atoms with Crippen molar-refractivity contribution in [3.05, 3.63) is 110 Å². The summed E-state index contributed by atoms with van der Waals surface area (Å²) < 4.78 is 0. The van der Waals surface area contributed by atoms with Gasteiger partial charge in [-0.1, -0.05) is 42.5 Å². The molecule has 0 bridgehead atoms. The second kappa shape index (κ2) is 15.0. The van der Waals surface area contributed by atoms with Crippen LogP contribution in [0.1, 0.15) is 38.0 Å². The maximum Gasteiger partial charge on any atom is 0.254 e. The Morgan fingerprint density at radius 2 is 0.853 bits per heavy atom. The van der Waals surface area contributed by atoms with Gasteiger partial charge in [-0.05, 0) is 25.1 Å². The molecule has 0 unspecified atom stereocenters. The summed E-state index contributed by atoms with van der Waals surface area (Å²) >= 11 is 0. The maximum atomic E-state index is 13.4. The Morgan fingerprint density at radius 3 is 1.09 bits per heavy atom. The summed E-state index contributed by atoms with van der Waals surface area (Å²) in [5.74, 6) is -0.961. The summed E-state index contributed by atoms with van der Waals surface area (Å²) in [5, 5.41) is 0. The van der Waals surface area contributed by atoms with Crippen LogP contribution in [0.4, 0.5) is 0 Å². The predicted molar refractivity (Wildman–Crippen MR) is 140 cm³/mol. The minimum atomic E-state index is -0.328. The van der Waals surface area contributed by atoms with E-state index in [1.54, 1.807) is 35.3 Å². The van der Waals surface area contributed by atoms with Crippen molar-refractivity contribution in [3.8, 4) is 0 Å². The molecule has 0 radical (unpaired) electrons. The van der Waals surface area contributed by atoms with Crippen molar-refractivity contribution in [3.63, 3.8) is 0 Å². The van der Waals surface area contributed by atoms with Gasteiger partial charge in [-0.2, -0.15) is 0 Å². The van der Waals surface area contributed by atoms with Gasteiger partial charge in [0.15, 0.2) is 0 Å². The first-order valence-electron chi connectivity index (χ1n) is 11.1. The van der Waals surface area contributed by atoms with Gasteiger partial charge in [0.2, 0.25) is 0 Å². The molecular formula is C28H35N3O3. The normalized spacial score (nSPS) is 10.3. The van der Waals surface area contributed by atoms with Crippen molar-refractivity contribution in [2.45, 2.75) is 6.92 Å². The summed E-state index contributed by atoms with van der Waals surface area (Å²) in [6.45, 7) is 22.3. The van der Waals surface area contributed by atoms with Crippen LogP contribution in [-0.2, 0) is 0 Å². The molecule has 0 saturated heterocycles. The highest BCUT2D eigenvalue weighted by molar-refractivity contribution is 6.04. The van der Waals surface area contributed by atoms with E-state index in [-0.39, 0.29) is 34.4 Å². The summed E-state index contributed by atoms with van der Waals surface area (Å²) in [4.78, 5) is 44.6. The summed E-state index contributed by atoms with van der Waals surface area (Å²) in [5.41, 5.74) is 0.717. The maximum absolute atomic E-state index is 13.4. The third kappa shape index (κ3) is 7.89. The Kier molecular flexibility index (Phi) is 12.4. The number of rotatable bonds is 15. The number of carbonyl (C=O) groups is 3. The molecule has 0 heterocycles. The zero-order valence-electron chi connectivity index (χ0n) is 20.1. The molecule has 0 aliphatic carbocycles. The monoisotopic (exact) mass is 461 g/mol. The fourth-order valence-corrected chi connectivity index (χ4v) is 3.28. The van der Waals surface area contributed by atoms with E-state index in [2.05, 4.69) is 32.9 Å². The zero-order chi connectivity index (χ0) is 25.5. The Balaban J connectivity index is 3.63. The molecule has 0 spiro atoms. The number of hydrogen-bond acceptors (Lipinski definition) is 3. The molecule has 1 aromatic carbocycles. The first kappa shape index (κ1) is 28.1. The van der Waals surface area contributed by atoms with E-state index in [1.807, 2.05) is 19.1 Å². The Morgan fingerprint density at radius 1 is 0.588 bits per heavy atom. The topological polar surface area (TPSA) is 60.9 Å².